The molecule has 0 amide bonds. The number of nitrogens with zero attached hydrogens (tertiary/aromatic N) is 2. The lowest BCUT2D eigenvalue weighted by Gasteiger charge is -2.22. The number of hydrogen-bond donors (Lipinski definition) is 1. The first-order valence-corrected chi connectivity index (χ1v) is 7.37. The standard InChI is InChI=1S/C16H17N3O2/c17-11-7-5-10(6-8-11)16-18-15(19-21-16)13-9-20-14-4-2-1-3-12(13)14/h1-4,9-11H,5-8,17H2. The fourth-order valence-corrected chi connectivity index (χ4v) is 3.03. The number of rotatable bonds is 2. The van der Waals surface area contributed by atoms with Crippen LogP contribution in [0.4, 0.5) is 0 Å². The molecular formula is C16H17N3O2. The molecular weight excluding hydrogens is 266 g/mol. The van der Waals surface area contributed by atoms with E-state index in [2.05, 4.69) is 10.1 Å². The van der Waals surface area contributed by atoms with Crippen molar-refractivity contribution in [3.05, 3.63) is 36.4 Å². The molecule has 2 aromatic heterocycles. The third kappa shape index (κ3) is 2.23. The van der Waals surface area contributed by atoms with Crippen LogP contribution in [-0.4, -0.2) is 16.2 Å². The SMILES string of the molecule is NC1CCC(c2nc(-c3coc4ccccc34)no2)CC1. The molecule has 1 aliphatic carbocycles. The van der Waals surface area contributed by atoms with Gasteiger partial charge < -0.3 is 14.7 Å². The van der Waals surface area contributed by atoms with Crippen LogP contribution in [0.2, 0.25) is 0 Å². The van der Waals surface area contributed by atoms with E-state index in [1.54, 1.807) is 6.26 Å². The predicted octanol–water partition coefficient (Wildman–Crippen LogP) is 3.47. The summed E-state index contributed by atoms with van der Waals surface area (Å²) < 4.78 is 11.0. The second-order valence-corrected chi connectivity index (χ2v) is 5.71. The molecule has 0 saturated heterocycles. The summed E-state index contributed by atoms with van der Waals surface area (Å²) in [4.78, 5) is 4.57. The highest BCUT2D eigenvalue weighted by Crippen LogP contribution is 2.34. The number of furan rings is 1. The Kier molecular flexibility index (Phi) is 3.00. The minimum absolute atomic E-state index is 0.321. The molecule has 5 heteroatoms. The van der Waals surface area contributed by atoms with Gasteiger partial charge in [-0.2, -0.15) is 4.98 Å². The number of fused-ring (bicyclic) bond motifs is 1. The van der Waals surface area contributed by atoms with Crippen LogP contribution in [-0.2, 0) is 0 Å². The van der Waals surface area contributed by atoms with Crippen molar-refractivity contribution in [2.75, 3.05) is 0 Å². The molecule has 0 spiro atoms. The van der Waals surface area contributed by atoms with Crippen LogP contribution in [0.5, 0.6) is 0 Å². The van der Waals surface area contributed by atoms with Gasteiger partial charge in [0.25, 0.3) is 0 Å². The van der Waals surface area contributed by atoms with Gasteiger partial charge in [-0.15, -0.1) is 0 Å². The molecule has 0 aliphatic heterocycles. The first-order valence-electron chi connectivity index (χ1n) is 7.37. The molecule has 1 saturated carbocycles. The van der Waals surface area contributed by atoms with Crippen LogP contribution in [0.3, 0.4) is 0 Å². The lowest BCUT2D eigenvalue weighted by Crippen LogP contribution is -2.25. The monoisotopic (exact) mass is 283 g/mol. The van der Waals surface area contributed by atoms with Gasteiger partial charge in [-0.1, -0.05) is 23.4 Å². The Balaban J connectivity index is 1.65. The summed E-state index contributed by atoms with van der Waals surface area (Å²) in [5.41, 5.74) is 7.66. The van der Waals surface area contributed by atoms with Gasteiger partial charge in [-0.05, 0) is 31.7 Å². The van der Waals surface area contributed by atoms with E-state index in [0.717, 1.165) is 48.1 Å². The summed E-state index contributed by atoms with van der Waals surface area (Å²) in [6.45, 7) is 0. The van der Waals surface area contributed by atoms with Gasteiger partial charge >= 0.3 is 0 Å². The zero-order chi connectivity index (χ0) is 14.2. The van der Waals surface area contributed by atoms with Crippen LogP contribution in [0.1, 0.15) is 37.5 Å². The highest BCUT2D eigenvalue weighted by molar-refractivity contribution is 5.91. The Morgan fingerprint density at radius 3 is 2.76 bits per heavy atom. The molecule has 2 N–H and O–H groups in total. The summed E-state index contributed by atoms with van der Waals surface area (Å²) in [7, 11) is 0. The Hall–Kier alpha value is -2.14. The molecule has 1 fully saturated rings. The summed E-state index contributed by atoms with van der Waals surface area (Å²) >= 11 is 0. The number of hydrogen-bond acceptors (Lipinski definition) is 5. The smallest absolute Gasteiger partial charge is 0.230 e. The van der Waals surface area contributed by atoms with E-state index in [0.29, 0.717) is 17.8 Å². The summed E-state index contributed by atoms with van der Waals surface area (Å²) in [6.07, 6.45) is 5.79. The zero-order valence-corrected chi connectivity index (χ0v) is 11.7. The summed E-state index contributed by atoms with van der Waals surface area (Å²) in [6, 6.07) is 8.18. The van der Waals surface area contributed by atoms with Gasteiger partial charge in [0.2, 0.25) is 11.7 Å². The Labute approximate surface area is 122 Å². The van der Waals surface area contributed by atoms with Gasteiger partial charge in [0.05, 0.1) is 5.56 Å². The van der Waals surface area contributed by atoms with Gasteiger partial charge in [0.15, 0.2) is 0 Å². The lowest BCUT2D eigenvalue weighted by atomic mass is 9.86. The van der Waals surface area contributed by atoms with E-state index in [9.17, 15) is 0 Å². The zero-order valence-electron chi connectivity index (χ0n) is 11.7. The second-order valence-electron chi connectivity index (χ2n) is 5.71. The quantitative estimate of drug-likeness (QED) is 0.779. The maximum absolute atomic E-state index is 5.94. The Morgan fingerprint density at radius 1 is 1.10 bits per heavy atom. The highest BCUT2D eigenvalue weighted by atomic mass is 16.5. The third-order valence-electron chi connectivity index (χ3n) is 4.28. The average molecular weight is 283 g/mol. The Bertz CT molecular complexity index is 754. The lowest BCUT2D eigenvalue weighted by molar-refractivity contribution is 0.301. The largest absolute Gasteiger partial charge is 0.464 e. The minimum Gasteiger partial charge on any atom is -0.464 e. The molecule has 4 rings (SSSR count). The summed E-state index contributed by atoms with van der Waals surface area (Å²) in [5.74, 6) is 1.66. The Morgan fingerprint density at radius 2 is 1.90 bits per heavy atom. The van der Waals surface area contributed by atoms with Gasteiger partial charge in [-0.3, -0.25) is 0 Å². The van der Waals surface area contributed by atoms with Gasteiger partial charge in [0, 0.05) is 17.3 Å². The van der Waals surface area contributed by atoms with Crippen LogP contribution in [0.25, 0.3) is 22.4 Å². The molecule has 21 heavy (non-hydrogen) atoms. The van der Waals surface area contributed by atoms with E-state index in [-0.39, 0.29) is 0 Å². The van der Waals surface area contributed by atoms with Crippen molar-refractivity contribution in [3.8, 4) is 11.4 Å². The van der Waals surface area contributed by atoms with E-state index in [4.69, 9.17) is 14.7 Å². The fourth-order valence-electron chi connectivity index (χ4n) is 3.03. The molecule has 5 nitrogen and oxygen atoms in total. The molecule has 3 aromatic rings. The summed E-state index contributed by atoms with van der Waals surface area (Å²) in [5, 5.41) is 5.14. The van der Waals surface area contributed by atoms with Crippen molar-refractivity contribution >= 4 is 11.0 Å². The predicted molar refractivity (Wildman–Crippen MR) is 78.7 cm³/mol. The van der Waals surface area contributed by atoms with Crippen LogP contribution in [0.15, 0.2) is 39.5 Å². The number of nitrogens with two attached hydrogens (primary N) is 1. The van der Waals surface area contributed by atoms with Crippen LogP contribution < -0.4 is 5.73 Å². The number of para-hydroxylation sites is 1. The molecule has 0 radical (unpaired) electrons. The molecule has 1 aromatic carbocycles. The maximum atomic E-state index is 5.94. The van der Waals surface area contributed by atoms with Crippen molar-refractivity contribution in [3.63, 3.8) is 0 Å². The molecule has 108 valence electrons. The van der Waals surface area contributed by atoms with E-state index >= 15 is 0 Å². The first-order chi connectivity index (χ1) is 10.3. The number of benzene rings is 1. The molecule has 1 aliphatic rings. The van der Waals surface area contributed by atoms with E-state index < -0.39 is 0 Å². The van der Waals surface area contributed by atoms with E-state index in [1.807, 2.05) is 24.3 Å². The van der Waals surface area contributed by atoms with Crippen molar-refractivity contribution in [1.29, 1.82) is 0 Å². The van der Waals surface area contributed by atoms with Crippen molar-refractivity contribution in [2.45, 2.75) is 37.6 Å². The van der Waals surface area contributed by atoms with E-state index in [1.165, 1.54) is 0 Å². The van der Waals surface area contributed by atoms with Crippen LogP contribution in [0, 0.1) is 0 Å². The highest BCUT2D eigenvalue weighted by Gasteiger charge is 2.25. The second kappa shape index (κ2) is 5.00. The maximum Gasteiger partial charge on any atom is 0.230 e. The average Bonchev–Trinajstić information content (AvgIpc) is 3.14. The fraction of sp³-hybridized carbons (Fsp3) is 0.375. The molecule has 2 heterocycles. The third-order valence-corrected chi connectivity index (χ3v) is 4.28. The van der Waals surface area contributed by atoms with Gasteiger partial charge in [0.1, 0.15) is 11.8 Å². The topological polar surface area (TPSA) is 78.1 Å². The van der Waals surface area contributed by atoms with Gasteiger partial charge in [-0.25, -0.2) is 0 Å². The van der Waals surface area contributed by atoms with Crippen molar-refractivity contribution in [2.24, 2.45) is 5.73 Å². The molecule has 0 bridgehead atoms. The van der Waals surface area contributed by atoms with Crippen LogP contribution >= 0.6 is 0 Å². The molecule has 0 unspecified atom stereocenters. The first kappa shape index (κ1) is 12.6. The molecule has 0 atom stereocenters. The van der Waals surface area contributed by atoms with Crippen molar-refractivity contribution in [1.82, 2.24) is 10.1 Å². The normalized spacial score (nSPS) is 22.7. The van der Waals surface area contributed by atoms with Crippen molar-refractivity contribution < 1.29 is 8.94 Å². The number of aromatic nitrogens is 2. The minimum atomic E-state index is 0.321.